The third-order valence-electron chi connectivity index (χ3n) is 5.60. The fraction of sp³-hybridized carbons (Fsp3) is 0.227. The fourth-order valence-electron chi connectivity index (χ4n) is 4.46. The van der Waals surface area contributed by atoms with Crippen molar-refractivity contribution < 1.29 is 9.53 Å². The first kappa shape index (κ1) is 16.1. The number of benzene rings is 4. The summed E-state index contributed by atoms with van der Waals surface area (Å²) in [6.07, 6.45) is 1.73. The first-order chi connectivity index (χ1) is 12.7. The van der Waals surface area contributed by atoms with Crippen molar-refractivity contribution in [1.82, 2.24) is 5.32 Å². The van der Waals surface area contributed by atoms with E-state index >= 15 is 0 Å². The van der Waals surface area contributed by atoms with Gasteiger partial charge in [0.2, 0.25) is 0 Å². The summed E-state index contributed by atoms with van der Waals surface area (Å²) in [5, 5.41) is 10.8. The summed E-state index contributed by atoms with van der Waals surface area (Å²) in [7, 11) is 1.42. The lowest BCUT2D eigenvalue weighted by Crippen LogP contribution is -2.37. The van der Waals surface area contributed by atoms with Crippen LogP contribution in [0.3, 0.4) is 0 Å². The van der Waals surface area contributed by atoms with Crippen molar-refractivity contribution in [3.63, 3.8) is 0 Å². The van der Waals surface area contributed by atoms with Crippen molar-refractivity contribution in [2.24, 2.45) is 0 Å². The largest absolute Gasteiger partial charge is 0.453 e. The minimum absolute atomic E-state index is 0.0311. The molecule has 0 aromatic heterocycles. The zero-order valence-electron chi connectivity index (χ0n) is 14.4. The predicted molar refractivity (Wildman–Crippen MR) is 115 cm³/mol. The van der Waals surface area contributed by atoms with Crippen LogP contribution in [0.4, 0.5) is 4.79 Å². The van der Waals surface area contributed by atoms with Crippen LogP contribution >= 0.6 is 22.6 Å². The standard InChI is InChI=1S/C22H18INO2/c1-26-22(25)24-21-17(23)10-8-15-11-14-6-5-12-3-2-4-13-7-9-16(20(15)21)19(14)18(12)13/h2-7,9,11,17,21H,8,10H2,1H3,(H,24,25)/t17-,21+/m0/s1. The van der Waals surface area contributed by atoms with E-state index in [9.17, 15) is 4.79 Å². The number of aryl methyl sites for hydroxylation is 1. The zero-order chi connectivity index (χ0) is 17.8. The number of nitrogens with one attached hydrogen (secondary N) is 1. The van der Waals surface area contributed by atoms with Crippen molar-refractivity contribution in [2.75, 3.05) is 7.11 Å². The first-order valence-corrected chi connectivity index (χ1v) is 10.1. The second-order valence-corrected chi connectivity index (χ2v) is 8.57. The van der Waals surface area contributed by atoms with Crippen molar-refractivity contribution in [3.05, 3.63) is 59.7 Å². The molecule has 0 saturated heterocycles. The smallest absolute Gasteiger partial charge is 0.407 e. The molecule has 0 fully saturated rings. The van der Waals surface area contributed by atoms with Gasteiger partial charge in [0, 0.05) is 3.92 Å². The lowest BCUT2D eigenvalue weighted by atomic mass is 9.81. The molecular weight excluding hydrogens is 437 g/mol. The highest BCUT2D eigenvalue weighted by atomic mass is 127. The topological polar surface area (TPSA) is 38.3 Å². The Balaban J connectivity index is 1.87. The fourth-order valence-corrected chi connectivity index (χ4v) is 5.31. The molecule has 0 saturated carbocycles. The molecule has 0 radical (unpaired) electrons. The first-order valence-electron chi connectivity index (χ1n) is 8.85. The number of methoxy groups -OCH3 is 1. The number of fused-ring (bicyclic) bond motifs is 2. The predicted octanol–water partition coefficient (Wildman–Crippen LogP) is 5.73. The van der Waals surface area contributed by atoms with Crippen molar-refractivity contribution in [3.8, 4) is 0 Å². The number of alkyl carbamates (subject to hydrolysis) is 1. The van der Waals surface area contributed by atoms with Gasteiger partial charge >= 0.3 is 6.09 Å². The number of hydrogen-bond acceptors (Lipinski definition) is 2. The van der Waals surface area contributed by atoms with E-state index in [0.29, 0.717) is 3.92 Å². The summed E-state index contributed by atoms with van der Waals surface area (Å²) in [6, 6.07) is 17.6. The molecule has 4 aromatic rings. The Morgan fingerprint density at radius 3 is 2.58 bits per heavy atom. The van der Waals surface area contributed by atoms with Gasteiger partial charge in [-0.05, 0) is 56.3 Å². The molecule has 1 amide bonds. The third-order valence-corrected chi connectivity index (χ3v) is 6.94. The Morgan fingerprint density at radius 1 is 1.08 bits per heavy atom. The summed E-state index contributed by atoms with van der Waals surface area (Å²) in [5.41, 5.74) is 2.59. The molecule has 1 N–H and O–H groups in total. The van der Waals surface area contributed by atoms with E-state index < -0.39 is 0 Å². The molecule has 4 aromatic carbocycles. The molecule has 0 spiro atoms. The van der Waals surface area contributed by atoms with Gasteiger partial charge in [-0.1, -0.05) is 71.1 Å². The van der Waals surface area contributed by atoms with Gasteiger partial charge in [0.15, 0.2) is 0 Å². The molecule has 0 heterocycles. The highest BCUT2D eigenvalue weighted by Crippen LogP contribution is 2.44. The Morgan fingerprint density at radius 2 is 1.81 bits per heavy atom. The van der Waals surface area contributed by atoms with Gasteiger partial charge in [-0.2, -0.15) is 0 Å². The molecule has 0 unspecified atom stereocenters. The van der Waals surface area contributed by atoms with Crippen molar-refractivity contribution >= 4 is 61.0 Å². The van der Waals surface area contributed by atoms with Crippen LogP contribution in [0.15, 0.2) is 48.5 Å². The highest BCUT2D eigenvalue weighted by Gasteiger charge is 2.31. The minimum Gasteiger partial charge on any atom is -0.453 e. The highest BCUT2D eigenvalue weighted by molar-refractivity contribution is 14.1. The van der Waals surface area contributed by atoms with Crippen LogP contribution in [0.1, 0.15) is 23.6 Å². The quantitative estimate of drug-likeness (QED) is 0.226. The summed E-state index contributed by atoms with van der Waals surface area (Å²) < 4.78 is 5.23. The monoisotopic (exact) mass is 455 g/mol. The van der Waals surface area contributed by atoms with Gasteiger partial charge in [0.25, 0.3) is 0 Å². The molecule has 3 nitrogen and oxygen atoms in total. The van der Waals surface area contributed by atoms with Crippen LogP contribution in [0.5, 0.6) is 0 Å². The van der Waals surface area contributed by atoms with Crippen LogP contribution in [-0.4, -0.2) is 17.1 Å². The molecule has 1 aliphatic rings. The lowest BCUT2D eigenvalue weighted by molar-refractivity contribution is 0.166. The number of halogens is 1. The van der Waals surface area contributed by atoms with E-state index in [1.807, 2.05) is 0 Å². The Hall–Kier alpha value is -2.08. The van der Waals surface area contributed by atoms with E-state index in [4.69, 9.17) is 4.74 Å². The molecule has 4 heteroatoms. The number of hydrogen-bond donors (Lipinski definition) is 1. The van der Waals surface area contributed by atoms with Gasteiger partial charge in [-0.3, -0.25) is 0 Å². The Bertz CT molecular complexity index is 1140. The number of ether oxygens (including phenoxy) is 1. The van der Waals surface area contributed by atoms with E-state index in [1.165, 1.54) is 50.6 Å². The maximum Gasteiger partial charge on any atom is 0.407 e. The molecule has 1 aliphatic carbocycles. The molecule has 2 atom stereocenters. The van der Waals surface area contributed by atoms with Crippen LogP contribution in [0.25, 0.3) is 32.3 Å². The van der Waals surface area contributed by atoms with Gasteiger partial charge in [0.05, 0.1) is 13.2 Å². The molecule has 5 rings (SSSR count). The van der Waals surface area contributed by atoms with Crippen LogP contribution < -0.4 is 5.32 Å². The average molecular weight is 455 g/mol. The van der Waals surface area contributed by atoms with E-state index in [1.54, 1.807) is 0 Å². The maximum atomic E-state index is 12.0. The van der Waals surface area contributed by atoms with E-state index in [-0.39, 0.29) is 12.1 Å². The van der Waals surface area contributed by atoms with Crippen molar-refractivity contribution in [1.29, 1.82) is 0 Å². The summed E-state index contributed by atoms with van der Waals surface area (Å²) in [4.78, 5) is 12.0. The number of carbonyl (C=O) groups is 1. The number of amides is 1. The van der Waals surface area contributed by atoms with Crippen LogP contribution in [0.2, 0.25) is 0 Å². The molecule has 26 heavy (non-hydrogen) atoms. The molecule has 0 aliphatic heterocycles. The summed E-state index contributed by atoms with van der Waals surface area (Å²) in [5.74, 6) is 0. The normalized spacial score (nSPS) is 19.8. The molecule has 130 valence electrons. The van der Waals surface area contributed by atoms with E-state index in [0.717, 1.165) is 12.8 Å². The number of rotatable bonds is 1. The van der Waals surface area contributed by atoms with E-state index in [2.05, 4.69) is 76.4 Å². The number of alkyl halides is 1. The van der Waals surface area contributed by atoms with Crippen molar-refractivity contribution in [2.45, 2.75) is 22.8 Å². The van der Waals surface area contributed by atoms with Gasteiger partial charge in [-0.15, -0.1) is 0 Å². The second-order valence-electron chi connectivity index (χ2n) is 6.97. The number of carbonyl (C=O) groups excluding carboxylic acids is 1. The molecular formula is C22H18INO2. The summed E-state index contributed by atoms with van der Waals surface area (Å²) in [6.45, 7) is 0. The van der Waals surface area contributed by atoms with Gasteiger partial charge in [-0.25, -0.2) is 4.79 Å². The van der Waals surface area contributed by atoms with Crippen LogP contribution in [0, 0.1) is 0 Å². The van der Waals surface area contributed by atoms with Gasteiger partial charge < -0.3 is 10.1 Å². The SMILES string of the molecule is COC(=O)N[C@H]1c2c(cc3ccc4cccc5ccc2c3c45)CC[C@@H]1I. The van der Waals surface area contributed by atoms with Gasteiger partial charge in [0.1, 0.15) is 0 Å². The Labute approximate surface area is 165 Å². The second kappa shape index (κ2) is 5.98. The minimum atomic E-state index is -0.366. The third kappa shape index (κ3) is 2.28. The zero-order valence-corrected chi connectivity index (χ0v) is 16.5. The lowest BCUT2D eigenvalue weighted by Gasteiger charge is -2.32. The maximum absolute atomic E-state index is 12.0. The Kier molecular flexibility index (Phi) is 3.71. The average Bonchev–Trinajstić information content (AvgIpc) is 2.67. The molecule has 0 bridgehead atoms. The van der Waals surface area contributed by atoms with Crippen LogP contribution in [-0.2, 0) is 11.2 Å². The summed E-state index contributed by atoms with van der Waals surface area (Å²) >= 11 is 2.46.